The standard InChI is InChI=1S/C16H30N2O2/c1-13(2)11-15(3,4)14(19)18-8-5-16(6-9-18)12-17-7-10-20-16/h13,17H,5-12H2,1-4H3. The third-order valence-electron chi connectivity index (χ3n) is 4.59. The van der Waals surface area contributed by atoms with Gasteiger partial charge in [0, 0.05) is 31.6 Å². The lowest BCUT2D eigenvalue weighted by Crippen LogP contribution is -2.57. The van der Waals surface area contributed by atoms with E-state index in [1.165, 1.54) is 0 Å². The second-order valence-electron chi connectivity index (χ2n) is 7.48. The van der Waals surface area contributed by atoms with Crippen LogP contribution in [0.25, 0.3) is 0 Å². The highest BCUT2D eigenvalue weighted by Gasteiger charge is 2.41. The van der Waals surface area contributed by atoms with Crippen molar-refractivity contribution in [3.63, 3.8) is 0 Å². The molecule has 4 nitrogen and oxygen atoms in total. The fourth-order valence-corrected chi connectivity index (χ4v) is 3.68. The van der Waals surface area contributed by atoms with Gasteiger partial charge in [-0.2, -0.15) is 0 Å². The van der Waals surface area contributed by atoms with E-state index >= 15 is 0 Å². The van der Waals surface area contributed by atoms with Gasteiger partial charge in [-0.1, -0.05) is 27.7 Å². The van der Waals surface area contributed by atoms with E-state index in [0.29, 0.717) is 11.8 Å². The number of likely N-dealkylation sites (tertiary alicyclic amines) is 1. The number of nitrogens with one attached hydrogen (secondary N) is 1. The van der Waals surface area contributed by atoms with Crippen LogP contribution in [-0.2, 0) is 9.53 Å². The monoisotopic (exact) mass is 282 g/mol. The van der Waals surface area contributed by atoms with Crippen molar-refractivity contribution in [1.29, 1.82) is 0 Å². The van der Waals surface area contributed by atoms with E-state index in [0.717, 1.165) is 52.0 Å². The zero-order valence-electron chi connectivity index (χ0n) is 13.5. The van der Waals surface area contributed by atoms with Gasteiger partial charge >= 0.3 is 0 Å². The first kappa shape index (κ1) is 15.8. The molecule has 2 rings (SSSR count). The van der Waals surface area contributed by atoms with Crippen LogP contribution in [-0.4, -0.2) is 49.2 Å². The Balaban J connectivity index is 1.91. The van der Waals surface area contributed by atoms with Crippen molar-refractivity contribution in [3.05, 3.63) is 0 Å². The van der Waals surface area contributed by atoms with E-state index in [1.54, 1.807) is 0 Å². The predicted octanol–water partition coefficient (Wildman–Crippen LogP) is 2.04. The maximum Gasteiger partial charge on any atom is 0.228 e. The molecule has 1 amide bonds. The summed E-state index contributed by atoms with van der Waals surface area (Å²) in [7, 11) is 0. The SMILES string of the molecule is CC(C)CC(C)(C)C(=O)N1CCC2(CC1)CNCCO2. The van der Waals surface area contributed by atoms with Crippen LogP contribution in [0.2, 0.25) is 0 Å². The molecule has 1 spiro atoms. The van der Waals surface area contributed by atoms with Gasteiger partial charge in [0.05, 0.1) is 12.2 Å². The first-order chi connectivity index (χ1) is 9.35. The molecule has 2 fully saturated rings. The van der Waals surface area contributed by atoms with Gasteiger partial charge in [0.1, 0.15) is 0 Å². The number of piperidine rings is 1. The Hall–Kier alpha value is -0.610. The van der Waals surface area contributed by atoms with Crippen LogP contribution < -0.4 is 5.32 Å². The van der Waals surface area contributed by atoms with Crippen molar-refractivity contribution in [3.8, 4) is 0 Å². The molecule has 1 N–H and O–H groups in total. The van der Waals surface area contributed by atoms with Gasteiger partial charge in [-0.15, -0.1) is 0 Å². The van der Waals surface area contributed by atoms with Crippen molar-refractivity contribution < 1.29 is 9.53 Å². The quantitative estimate of drug-likeness (QED) is 0.861. The maximum absolute atomic E-state index is 12.7. The minimum atomic E-state index is -0.246. The fourth-order valence-electron chi connectivity index (χ4n) is 3.68. The summed E-state index contributed by atoms with van der Waals surface area (Å²) < 4.78 is 5.98. The van der Waals surface area contributed by atoms with Crippen molar-refractivity contribution in [2.24, 2.45) is 11.3 Å². The summed E-state index contributed by atoms with van der Waals surface area (Å²) in [4.78, 5) is 14.7. The highest BCUT2D eigenvalue weighted by Crippen LogP contribution is 2.32. The van der Waals surface area contributed by atoms with E-state index in [2.05, 4.69) is 33.0 Å². The lowest BCUT2D eigenvalue weighted by atomic mass is 9.81. The second kappa shape index (κ2) is 6.02. The lowest BCUT2D eigenvalue weighted by Gasteiger charge is -2.45. The number of amides is 1. The lowest BCUT2D eigenvalue weighted by molar-refractivity contribution is -0.149. The zero-order chi connectivity index (χ0) is 14.8. The van der Waals surface area contributed by atoms with Gasteiger partial charge in [0.15, 0.2) is 0 Å². The number of ether oxygens (including phenoxy) is 1. The van der Waals surface area contributed by atoms with Gasteiger partial charge < -0.3 is 15.0 Å². The van der Waals surface area contributed by atoms with E-state index in [1.807, 2.05) is 4.90 Å². The Bertz CT molecular complexity index is 336. The van der Waals surface area contributed by atoms with E-state index < -0.39 is 0 Å². The summed E-state index contributed by atoms with van der Waals surface area (Å²) in [5.74, 6) is 0.862. The molecular weight excluding hydrogens is 252 g/mol. The van der Waals surface area contributed by atoms with Gasteiger partial charge in [-0.25, -0.2) is 0 Å². The number of carbonyl (C=O) groups excluding carboxylic acids is 1. The number of morpholine rings is 1. The van der Waals surface area contributed by atoms with Crippen LogP contribution in [0, 0.1) is 11.3 Å². The van der Waals surface area contributed by atoms with E-state index in [9.17, 15) is 4.79 Å². The summed E-state index contributed by atoms with van der Waals surface area (Å²) in [6, 6.07) is 0. The number of nitrogens with zero attached hydrogens (tertiary/aromatic N) is 1. The molecule has 0 atom stereocenters. The molecule has 2 saturated heterocycles. The zero-order valence-corrected chi connectivity index (χ0v) is 13.5. The average Bonchev–Trinajstić information content (AvgIpc) is 2.38. The summed E-state index contributed by atoms with van der Waals surface area (Å²) in [5, 5.41) is 3.42. The predicted molar refractivity (Wildman–Crippen MR) is 80.6 cm³/mol. The van der Waals surface area contributed by atoms with Crippen LogP contribution in [0.1, 0.15) is 47.0 Å². The van der Waals surface area contributed by atoms with Crippen LogP contribution in [0.3, 0.4) is 0 Å². The van der Waals surface area contributed by atoms with Gasteiger partial charge in [0.2, 0.25) is 5.91 Å². The molecule has 0 radical (unpaired) electrons. The van der Waals surface area contributed by atoms with Gasteiger partial charge in [0.25, 0.3) is 0 Å². The molecule has 0 aromatic carbocycles. The van der Waals surface area contributed by atoms with Crippen molar-refractivity contribution in [1.82, 2.24) is 10.2 Å². The van der Waals surface area contributed by atoms with Crippen molar-refractivity contribution >= 4 is 5.91 Å². The van der Waals surface area contributed by atoms with Crippen LogP contribution in [0.4, 0.5) is 0 Å². The van der Waals surface area contributed by atoms with Gasteiger partial charge in [-0.05, 0) is 25.2 Å². The van der Waals surface area contributed by atoms with Crippen LogP contribution in [0.15, 0.2) is 0 Å². The van der Waals surface area contributed by atoms with E-state index in [-0.39, 0.29) is 11.0 Å². The minimum Gasteiger partial charge on any atom is -0.372 e. The molecule has 0 bridgehead atoms. The summed E-state index contributed by atoms with van der Waals surface area (Å²) in [5.41, 5.74) is -0.262. The average molecular weight is 282 g/mol. The fraction of sp³-hybridized carbons (Fsp3) is 0.938. The van der Waals surface area contributed by atoms with Crippen molar-refractivity contribution in [2.45, 2.75) is 52.6 Å². The highest BCUT2D eigenvalue weighted by atomic mass is 16.5. The normalized spacial score (nSPS) is 23.4. The number of hydrogen-bond donors (Lipinski definition) is 1. The largest absolute Gasteiger partial charge is 0.372 e. The Kier molecular flexibility index (Phi) is 4.75. The van der Waals surface area contributed by atoms with Crippen LogP contribution >= 0.6 is 0 Å². The molecule has 2 aliphatic heterocycles. The smallest absolute Gasteiger partial charge is 0.228 e. The van der Waals surface area contributed by atoms with Gasteiger partial charge in [-0.3, -0.25) is 4.79 Å². The van der Waals surface area contributed by atoms with Crippen molar-refractivity contribution in [2.75, 3.05) is 32.8 Å². The molecule has 2 aliphatic rings. The summed E-state index contributed by atoms with van der Waals surface area (Å²) in [6.07, 6.45) is 2.87. The molecule has 0 aliphatic carbocycles. The Labute approximate surface area is 123 Å². The molecule has 0 aromatic heterocycles. The number of hydrogen-bond acceptors (Lipinski definition) is 3. The molecule has 4 heteroatoms. The van der Waals surface area contributed by atoms with E-state index in [4.69, 9.17) is 4.74 Å². The summed E-state index contributed by atoms with van der Waals surface area (Å²) in [6.45, 7) is 12.9. The Morgan fingerprint density at radius 1 is 1.35 bits per heavy atom. The third-order valence-corrected chi connectivity index (χ3v) is 4.59. The highest BCUT2D eigenvalue weighted by molar-refractivity contribution is 5.82. The first-order valence-electron chi connectivity index (χ1n) is 7.99. The minimum absolute atomic E-state index is 0.0166. The summed E-state index contributed by atoms with van der Waals surface area (Å²) >= 11 is 0. The maximum atomic E-state index is 12.7. The molecule has 20 heavy (non-hydrogen) atoms. The first-order valence-corrected chi connectivity index (χ1v) is 7.99. The third kappa shape index (κ3) is 3.53. The number of rotatable bonds is 3. The van der Waals surface area contributed by atoms with Crippen LogP contribution in [0.5, 0.6) is 0 Å². The Morgan fingerprint density at radius 3 is 2.50 bits per heavy atom. The Morgan fingerprint density at radius 2 is 2.00 bits per heavy atom. The molecule has 0 saturated carbocycles. The molecule has 116 valence electrons. The molecular formula is C16H30N2O2. The second-order valence-corrected chi connectivity index (χ2v) is 7.48. The molecule has 0 unspecified atom stereocenters. The topological polar surface area (TPSA) is 41.6 Å². The molecule has 0 aromatic rings. The number of carbonyl (C=O) groups is 1. The molecule has 2 heterocycles.